The number of likely N-dealkylation sites (tertiary alicyclic amines) is 1. The first-order valence-corrected chi connectivity index (χ1v) is 13.4. The SMILES string of the molecule is CN1CCC[C@H]1c1nc2ccc(-c3cc4cc(NC(=O)OC(C)(C)C)ccc4n3C(=O)OC(C)(C)C)cc2[nH]1. The van der Waals surface area contributed by atoms with Gasteiger partial charge in [-0.1, -0.05) is 6.07 Å². The van der Waals surface area contributed by atoms with Crippen LogP contribution >= 0.6 is 0 Å². The predicted molar refractivity (Wildman–Crippen MR) is 153 cm³/mol. The fourth-order valence-electron chi connectivity index (χ4n) is 5.03. The Bertz CT molecular complexity index is 1550. The molecular formula is C30H37N5O4. The van der Waals surface area contributed by atoms with Gasteiger partial charge in [-0.15, -0.1) is 0 Å². The molecule has 0 bridgehead atoms. The molecule has 5 rings (SSSR count). The molecule has 9 nitrogen and oxygen atoms in total. The zero-order chi connectivity index (χ0) is 28.1. The lowest BCUT2D eigenvalue weighted by atomic mass is 10.1. The van der Waals surface area contributed by atoms with Crippen molar-refractivity contribution in [1.29, 1.82) is 0 Å². The van der Waals surface area contributed by atoms with Crippen LogP contribution in [0, 0.1) is 0 Å². The molecule has 2 aromatic carbocycles. The van der Waals surface area contributed by atoms with E-state index < -0.39 is 23.4 Å². The van der Waals surface area contributed by atoms with Crippen molar-refractivity contribution in [2.45, 2.75) is 71.6 Å². The van der Waals surface area contributed by atoms with Gasteiger partial charge in [-0.05, 0) is 104 Å². The van der Waals surface area contributed by atoms with E-state index in [0.717, 1.165) is 47.2 Å². The van der Waals surface area contributed by atoms with E-state index in [0.29, 0.717) is 16.9 Å². The number of H-pyrrole nitrogens is 1. The summed E-state index contributed by atoms with van der Waals surface area (Å²) < 4.78 is 12.8. The first-order valence-electron chi connectivity index (χ1n) is 13.4. The van der Waals surface area contributed by atoms with Gasteiger partial charge in [-0.3, -0.25) is 10.2 Å². The van der Waals surface area contributed by atoms with Crippen LogP contribution in [0.4, 0.5) is 15.3 Å². The van der Waals surface area contributed by atoms with Crippen molar-refractivity contribution < 1.29 is 19.1 Å². The van der Waals surface area contributed by atoms with Crippen molar-refractivity contribution in [2.75, 3.05) is 18.9 Å². The molecule has 1 amide bonds. The minimum absolute atomic E-state index is 0.282. The quantitative estimate of drug-likeness (QED) is 0.293. The Morgan fingerprint density at radius 1 is 1.00 bits per heavy atom. The summed E-state index contributed by atoms with van der Waals surface area (Å²) in [7, 11) is 2.13. The number of hydrogen-bond donors (Lipinski definition) is 2. The number of fused-ring (bicyclic) bond motifs is 2. The van der Waals surface area contributed by atoms with Crippen LogP contribution in [-0.4, -0.2) is 56.4 Å². The van der Waals surface area contributed by atoms with Crippen LogP contribution < -0.4 is 5.32 Å². The van der Waals surface area contributed by atoms with Crippen molar-refractivity contribution >= 4 is 39.8 Å². The molecule has 0 aliphatic carbocycles. The van der Waals surface area contributed by atoms with Crippen LogP contribution in [0.5, 0.6) is 0 Å². The summed E-state index contributed by atoms with van der Waals surface area (Å²) in [6.07, 6.45) is 1.22. The Labute approximate surface area is 228 Å². The van der Waals surface area contributed by atoms with Gasteiger partial charge in [0.25, 0.3) is 0 Å². The molecule has 9 heteroatoms. The summed E-state index contributed by atoms with van der Waals surface area (Å²) in [5, 5.41) is 3.56. The van der Waals surface area contributed by atoms with E-state index in [4.69, 9.17) is 14.5 Å². The highest BCUT2D eigenvalue weighted by Gasteiger charge is 2.27. The van der Waals surface area contributed by atoms with Gasteiger partial charge in [-0.25, -0.2) is 19.1 Å². The van der Waals surface area contributed by atoms with Crippen molar-refractivity contribution in [3.05, 3.63) is 48.3 Å². The fourth-order valence-corrected chi connectivity index (χ4v) is 5.03. The van der Waals surface area contributed by atoms with E-state index in [1.54, 1.807) is 16.7 Å². The van der Waals surface area contributed by atoms with Crippen LogP contribution in [0.2, 0.25) is 0 Å². The largest absolute Gasteiger partial charge is 0.444 e. The average molecular weight is 532 g/mol. The van der Waals surface area contributed by atoms with Crippen LogP contribution in [0.15, 0.2) is 42.5 Å². The molecule has 0 radical (unpaired) electrons. The molecule has 1 atom stereocenters. The molecule has 1 aliphatic rings. The number of hydrogen-bond acceptors (Lipinski definition) is 6. The van der Waals surface area contributed by atoms with Gasteiger partial charge in [-0.2, -0.15) is 0 Å². The predicted octanol–water partition coefficient (Wildman–Crippen LogP) is 7.08. The van der Waals surface area contributed by atoms with Crippen molar-refractivity contribution in [3.8, 4) is 11.3 Å². The highest BCUT2D eigenvalue weighted by Crippen LogP contribution is 2.34. The Balaban J connectivity index is 1.56. The highest BCUT2D eigenvalue weighted by molar-refractivity contribution is 5.99. The van der Waals surface area contributed by atoms with E-state index in [2.05, 4.69) is 22.2 Å². The van der Waals surface area contributed by atoms with Crippen LogP contribution in [-0.2, 0) is 9.47 Å². The number of ether oxygens (including phenoxy) is 2. The number of nitrogens with zero attached hydrogens (tertiary/aromatic N) is 3. The molecule has 0 spiro atoms. The standard InChI is InChI=1S/C30H37N5O4/c1-29(2,3)38-27(36)31-20-11-13-23-19(15-20)17-25(35(23)28(37)39-30(4,5)6)18-10-12-21-22(16-18)33-26(32-21)24-9-8-14-34(24)7/h10-13,15-17,24H,8-9,14H2,1-7H3,(H,31,36)(H,32,33)/t24-/m0/s1. The van der Waals surface area contributed by atoms with E-state index >= 15 is 0 Å². The number of aromatic amines is 1. The van der Waals surface area contributed by atoms with Crippen LogP contribution in [0.1, 0.15) is 66.3 Å². The lowest BCUT2D eigenvalue weighted by molar-refractivity contribution is 0.0545. The lowest BCUT2D eigenvalue weighted by Crippen LogP contribution is -2.27. The first kappa shape index (κ1) is 26.7. The van der Waals surface area contributed by atoms with Gasteiger partial charge < -0.3 is 14.5 Å². The van der Waals surface area contributed by atoms with Gasteiger partial charge in [0.2, 0.25) is 0 Å². The van der Waals surface area contributed by atoms with Gasteiger partial charge >= 0.3 is 12.2 Å². The molecule has 2 aromatic heterocycles. The topological polar surface area (TPSA) is 101 Å². The maximum atomic E-state index is 13.5. The number of nitrogens with one attached hydrogen (secondary N) is 2. The van der Waals surface area contributed by atoms with E-state index in [1.165, 1.54) is 0 Å². The average Bonchev–Trinajstić information content (AvgIpc) is 3.51. The number of imidazole rings is 1. The number of carbonyl (C=O) groups is 2. The van der Waals surface area contributed by atoms with Crippen molar-refractivity contribution in [3.63, 3.8) is 0 Å². The summed E-state index contributed by atoms with van der Waals surface area (Å²) >= 11 is 0. The third kappa shape index (κ3) is 5.78. The highest BCUT2D eigenvalue weighted by atomic mass is 16.6. The molecule has 206 valence electrons. The lowest BCUT2D eigenvalue weighted by Gasteiger charge is -2.21. The Hall–Kier alpha value is -3.85. The maximum absolute atomic E-state index is 13.5. The summed E-state index contributed by atoms with van der Waals surface area (Å²) in [5.41, 5.74) is 3.30. The van der Waals surface area contributed by atoms with Gasteiger partial charge in [0.1, 0.15) is 17.0 Å². The van der Waals surface area contributed by atoms with Gasteiger partial charge in [0.05, 0.1) is 28.3 Å². The Morgan fingerprint density at radius 2 is 1.74 bits per heavy atom. The number of anilines is 1. The second-order valence-electron chi connectivity index (χ2n) is 12.2. The number of rotatable bonds is 3. The van der Waals surface area contributed by atoms with Crippen molar-refractivity contribution in [2.24, 2.45) is 0 Å². The Morgan fingerprint density at radius 3 is 2.41 bits per heavy atom. The molecule has 1 saturated heterocycles. The molecule has 0 unspecified atom stereocenters. The van der Waals surface area contributed by atoms with Gasteiger partial charge in [0, 0.05) is 16.6 Å². The Kier molecular flexibility index (Phi) is 6.66. The van der Waals surface area contributed by atoms with Crippen molar-refractivity contribution in [1.82, 2.24) is 19.4 Å². The third-order valence-electron chi connectivity index (χ3n) is 6.65. The number of benzene rings is 2. The molecular weight excluding hydrogens is 494 g/mol. The van der Waals surface area contributed by atoms with Crippen LogP contribution in [0.25, 0.3) is 33.2 Å². The molecule has 4 aromatic rings. The molecule has 0 saturated carbocycles. The van der Waals surface area contributed by atoms with E-state index in [9.17, 15) is 9.59 Å². The number of carbonyl (C=O) groups excluding carboxylic acids is 2. The summed E-state index contributed by atoms with van der Waals surface area (Å²) in [6, 6.07) is 13.6. The summed E-state index contributed by atoms with van der Waals surface area (Å²) in [6.45, 7) is 12.0. The molecule has 1 fully saturated rings. The monoisotopic (exact) mass is 531 g/mol. The summed E-state index contributed by atoms with van der Waals surface area (Å²) in [5.74, 6) is 0.965. The molecule has 1 aliphatic heterocycles. The maximum Gasteiger partial charge on any atom is 0.419 e. The minimum atomic E-state index is -0.668. The first-order chi connectivity index (χ1) is 18.3. The zero-order valence-electron chi connectivity index (χ0n) is 23.7. The van der Waals surface area contributed by atoms with E-state index in [-0.39, 0.29) is 6.04 Å². The zero-order valence-corrected chi connectivity index (χ0v) is 23.7. The van der Waals surface area contributed by atoms with Crippen LogP contribution in [0.3, 0.4) is 0 Å². The normalized spacial score (nSPS) is 16.6. The molecule has 3 heterocycles. The molecule has 2 N–H and O–H groups in total. The fraction of sp³-hybridized carbons (Fsp3) is 0.433. The minimum Gasteiger partial charge on any atom is -0.444 e. The summed E-state index contributed by atoms with van der Waals surface area (Å²) in [4.78, 5) is 36.5. The number of aromatic nitrogens is 3. The second kappa shape index (κ2) is 9.72. The van der Waals surface area contributed by atoms with E-state index in [1.807, 2.05) is 71.9 Å². The molecule has 39 heavy (non-hydrogen) atoms. The smallest absolute Gasteiger partial charge is 0.419 e. The third-order valence-corrected chi connectivity index (χ3v) is 6.65. The second-order valence-corrected chi connectivity index (χ2v) is 12.2. The number of amides is 1. The van der Waals surface area contributed by atoms with Gasteiger partial charge in [0.15, 0.2) is 0 Å².